The molecule has 96 valence electrons. The molecule has 1 aliphatic heterocycles. The number of nitrogens with two attached hydrogens (primary N) is 1. The fourth-order valence-electron chi connectivity index (χ4n) is 2.37. The first-order chi connectivity index (χ1) is 8.65. The van der Waals surface area contributed by atoms with Gasteiger partial charge >= 0.3 is 5.97 Å². The SMILES string of the molecule is NCC(=O)N1C(c2ccccn2)CC[C@H]1C(=O)O. The van der Waals surface area contributed by atoms with Gasteiger partial charge in [-0.15, -0.1) is 0 Å². The Kier molecular flexibility index (Phi) is 3.57. The summed E-state index contributed by atoms with van der Waals surface area (Å²) in [5, 5.41) is 9.14. The fraction of sp³-hybridized carbons (Fsp3) is 0.417. The summed E-state index contributed by atoms with van der Waals surface area (Å²) in [6.45, 7) is -0.187. The zero-order valence-electron chi connectivity index (χ0n) is 9.82. The van der Waals surface area contributed by atoms with Gasteiger partial charge in [0.25, 0.3) is 0 Å². The van der Waals surface area contributed by atoms with Crippen LogP contribution in [0.25, 0.3) is 0 Å². The summed E-state index contributed by atoms with van der Waals surface area (Å²) in [6, 6.07) is 4.31. The second-order valence-electron chi connectivity index (χ2n) is 4.21. The highest BCUT2D eigenvalue weighted by molar-refractivity contribution is 5.85. The molecule has 6 nitrogen and oxygen atoms in total. The van der Waals surface area contributed by atoms with E-state index >= 15 is 0 Å². The van der Waals surface area contributed by atoms with E-state index in [1.165, 1.54) is 4.90 Å². The minimum Gasteiger partial charge on any atom is -0.480 e. The molecule has 3 N–H and O–H groups in total. The number of hydrogen-bond acceptors (Lipinski definition) is 4. The van der Waals surface area contributed by atoms with E-state index in [0.29, 0.717) is 18.5 Å². The van der Waals surface area contributed by atoms with E-state index in [4.69, 9.17) is 10.8 Å². The van der Waals surface area contributed by atoms with E-state index in [2.05, 4.69) is 4.98 Å². The zero-order chi connectivity index (χ0) is 13.1. The maximum Gasteiger partial charge on any atom is 0.326 e. The van der Waals surface area contributed by atoms with Crippen molar-refractivity contribution >= 4 is 11.9 Å². The third-order valence-electron chi connectivity index (χ3n) is 3.16. The minimum atomic E-state index is -0.991. The molecule has 1 saturated heterocycles. The first-order valence-corrected chi connectivity index (χ1v) is 5.80. The number of aliphatic carboxylic acids is 1. The van der Waals surface area contributed by atoms with Crippen molar-refractivity contribution < 1.29 is 14.7 Å². The Hall–Kier alpha value is -1.95. The molecule has 0 aliphatic carbocycles. The lowest BCUT2D eigenvalue weighted by molar-refractivity contribution is -0.149. The van der Waals surface area contributed by atoms with Crippen LogP contribution >= 0.6 is 0 Å². The van der Waals surface area contributed by atoms with Gasteiger partial charge in [-0.05, 0) is 25.0 Å². The van der Waals surface area contributed by atoms with Crippen molar-refractivity contribution in [2.24, 2.45) is 5.73 Å². The van der Waals surface area contributed by atoms with Crippen LogP contribution in [-0.4, -0.2) is 39.5 Å². The van der Waals surface area contributed by atoms with Crippen LogP contribution in [0.2, 0.25) is 0 Å². The minimum absolute atomic E-state index is 0.187. The first kappa shape index (κ1) is 12.5. The topological polar surface area (TPSA) is 96.5 Å². The van der Waals surface area contributed by atoms with Crippen molar-refractivity contribution in [2.45, 2.75) is 24.9 Å². The lowest BCUT2D eigenvalue weighted by atomic mass is 10.1. The molecule has 0 aromatic carbocycles. The molecule has 2 rings (SSSR count). The van der Waals surface area contributed by atoms with Crippen molar-refractivity contribution in [2.75, 3.05) is 6.54 Å². The third kappa shape index (κ3) is 2.19. The fourth-order valence-corrected chi connectivity index (χ4v) is 2.37. The predicted molar refractivity (Wildman–Crippen MR) is 63.5 cm³/mol. The first-order valence-electron chi connectivity index (χ1n) is 5.80. The molecule has 1 fully saturated rings. The number of likely N-dealkylation sites (tertiary alicyclic amines) is 1. The normalized spacial score (nSPS) is 23.1. The molecule has 0 radical (unpaired) electrons. The van der Waals surface area contributed by atoms with Crippen molar-refractivity contribution in [3.05, 3.63) is 30.1 Å². The molecule has 1 aliphatic rings. The highest BCUT2D eigenvalue weighted by Gasteiger charge is 2.41. The molecular weight excluding hydrogens is 234 g/mol. The van der Waals surface area contributed by atoms with Gasteiger partial charge in [-0.2, -0.15) is 0 Å². The van der Waals surface area contributed by atoms with Crippen LogP contribution in [0.15, 0.2) is 24.4 Å². The molecule has 18 heavy (non-hydrogen) atoms. The number of carboxylic acids is 1. The Balaban J connectivity index is 2.31. The molecular formula is C12H15N3O3. The van der Waals surface area contributed by atoms with Gasteiger partial charge in [-0.3, -0.25) is 9.78 Å². The van der Waals surface area contributed by atoms with Crippen molar-refractivity contribution in [3.63, 3.8) is 0 Å². The van der Waals surface area contributed by atoms with Crippen LogP contribution in [0.3, 0.4) is 0 Å². The number of nitrogens with zero attached hydrogens (tertiary/aromatic N) is 2. The number of hydrogen-bond donors (Lipinski definition) is 2. The second-order valence-corrected chi connectivity index (χ2v) is 4.21. The summed E-state index contributed by atoms with van der Waals surface area (Å²) in [7, 11) is 0. The number of pyridine rings is 1. The van der Waals surface area contributed by atoms with Gasteiger partial charge < -0.3 is 15.7 Å². The molecule has 0 saturated carbocycles. The maximum atomic E-state index is 11.8. The lowest BCUT2D eigenvalue weighted by Crippen LogP contribution is -2.44. The zero-order valence-corrected chi connectivity index (χ0v) is 9.82. The van der Waals surface area contributed by atoms with Crippen molar-refractivity contribution in [1.82, 2.24) is 9.88 Å². The predicted octanol–water partition coefficient (Wildman–Crippen LogP) is 0.157. The molecule has 0 bridgehead atoms. The molecule has 2 atom stereocenters. The number of aromatic nitrogens is 1. The van der Waals surface area contributed by atoms with Crippen LogP contribution < -0.4 is 5.73 Å². The lowest BCUT2D eigenvalue weighted by Gasteiger charge is -2.27. The third-order valence-corrected chi connectivity index (χ3v) is 3.16. The largest absolute Gasteiger partial charge is 0.480 e. The van der Waals surface area contributed by atoms with Gasteiger partial charge in [0.15, 0.2) is 0 Å². The molecule has 1 amide bonds. The quantitative estimate of drug-likeness (QED) is 0.795. The van der Waals surface area contributed by atoms with Gasteiger partial charge in [0, 0.05) is 6.20 Å². The van der Waals surface area contributed by atoms with E-state index in [9.17, 15) is 9.59 Å². The molecule has 6 heteroatoms. The smallest absolute Gasteiger partial charge is 0.326 e. The van der Waals surface area contributed by atoms with Gasteiger partial charge in [-0.1, -0.05) is 6.07 Å². The summed E-state index contributed by atoms with van der Waals surface area (Å²) in [4.78, 5) is 28.5. The maximum absolute atomic E-state index is 11.8. The molecule has 1 aromatic rings. The van der Waals surface area contributed by atoms with E-state index in [0.717, 1.165) is 0 Å². The van der Waals surface area contributed by atoms with E-state index < -0.39 is 12.0 Å². The Morgan fingerprint density at radius 1 is 1.44 bits per heavy atom. The van der Waals surface area contributed by atoms with E-state index in [1.807, 2.05) is 6.07 Å². The standard InChI is InChI=1S/C12H15N3O3/c13-7-11(16)15-9(4-5-10(15)12(17)18)8-3-1-2-6-14-8/h1-3,6,9-10H,4-5,7,13H2,(H,17,18)/t9?,10-/m0/s1. The van der Waals surface area contributed by atoms with Gasteiger partial charge in [0.2, 0.25) is 5.91 Å². The highest BCUT2D eigenvalue weighted by Crippen LogP contribution is 2.35. The van der Waals surface area contributed by atoms with Crippen LogP contribution in [-0.2, 0) is 9.59 Å². The second kappa shape index (κ2) is 5.14. The summed E-state index contributed by atoms with van der Waals surface area (Å²) in [5.41, 5.74) is 6.06. The van der Waals surface area contributed by atoms with Crippen molar-refractivity contribution in [1.29, 1.82) is 0 Å². The molecule has 1 aromatic heterocycles. The highest BCUT2D eigenvalue weighted by atomic mass is 16.4. The van der Waals surface area contributed by atoms with Gasteiger partial charge in [0.05, 0.1) is 18.3 Å². The van der Waals surface area contributed by atoms with Crippen LogP contribution in [0, 0.1) is 0 Å². The Morgan fingerprint density at radius 3 is 2.78 bits per heavy atom. The number of carbonyl (C=O) groups is 2. The van der Waals surface area contributed by atoms with E-state index in [1.54, 1.807) is 18.3 Å². The summed E-state index contributed by atoms with van der Waals surface area (Å²) in [5.74, 6) is -1.34. The van der Waals surface area contributed by atoms with Crippen LogP contribution in [0.4, 0.5) is 0 Å². The molecule has 1 unspecified atom stereocenters. The molecule has 0 spiro atoms. The number of carbonyl (C=O) groups excluding carboxylic acids is 1. The summed E-state index contributed by atoms with van der Waals surface area (Å²) < 4.78 is 0. The van der Waals surface area contributed by atoms with Crippen molar-refractivity contribution in [3.8, 4) is 0 Å². The number of carboxylic acid groups (broad SMARTS) is 1. The molecule has 2 heterocycles. The van der Waals surface area contributed by atoms with Gasteiger partial charge in [-0.25, -0.2) is 4.79 Å². The number of rotatable bonds is 3. The average Bonchev–Trinajstić information content (AvgIpc) is 2.83. The van der Waals surface area contributed by atoms with E-state index in [-0.39, 0.29) is 18.5 Å². The summed E-state index contributed by atoms with van der Waals surface area (Å²) in [6.07, 6.45) is 2.66. The Bertz CT molecular complexity index is 449. The Labute approximate surface area is 104 Å². The number of amides is 1. The Morgan fingerprint density at radius 2 is 2.22 bits per heavy atom. The monoisotopic (exact) mass is 249 g/mol. The average molecular weight is 249 g/mol. The summed E-state index contributed by atoms with van der Waals surface area (Å²) >= 11 is 0. The van der Waals surface area contributed by atoms with Crippen LogP contribution in [0.1, 0.15) is 24.6 Å². The van der Waals surface area contributed by atoms with Gasteiger partial charge in [0.1, 0.15) is 6.04 Å². The van der Waals surface area contributed by atoms with Crippen LogP contribution in [0.5, 0.6) is 0 Å².